The maximum atomic E-state index is 10.4. The number of halogens is 1. The van der Waals surface area contributed by atoms with Crippen molar-refractivity contribution in [2.24, 2.45) is 0 Å². The van der Waals surface area contributed by atoms with Crippen molar-refractivity contribution in [1.82, 2.24) is 0 Å². The Kier molecular flexibility index (Phi) is 3.17. The van der Waals surface area contributed by atoms with Crippen LogP contribution >= 0.6 is 28.6 Å². The van der Waals surface area contributed by atoms with Gasteiger partial charge in [0.1, 0.15) is 0 Å². The van der Waals surface area contributed by atoms with Crippen molar-refractivity contribution < 1.29 is 9.90 Å². The average molecular weight is 247 g/mol. The van der Waals surface area contributed by atoms with E-state index in [4.69, 9.17) is 5.11 Å². The lowest BCUT2D eigenvalue weighted by molar-refractivity contribution is -0.136. The van der Waals surface area contributed by atoms with Gasteiger partial charge in [-0.1, -0.05) is 22.0 Å². The van der Waals surface area contributed by atoms with Crippen molar-refractivity contribution in [2.75, 3.05) is 0 Å². The van der Waals surface area contributed by atoms with Gasteiger partial charge >= 0.3 is 5.97 Å². The Morgan fingerprint density at radius 2 is 2.25 bits per heavy atom. The molecule has 0 aliphatic rings. The van der Waals surface area contributed by atoms with Crippen LogP contribution in [0.15, 0.2) is 27.6 Å². The van der Waals surface area contributed by atoms with Gasteiger partial charge < -0.3 is 5.11 Å². The molecule has 1 aromatic rings. The molecule has 0 fully saturated rings. The number of benzene rings is 1. The van der Waals surface area contributed by atoms with Crippen molar-refractivity contribution in [3.8, 4) is 0 Å². The number of carboxylic acid groups (broad SMARTS) is 1. The molecule has 0 saturated heterocycles. The number of hydrogen-bond donors (Lipinski definition) is 2. The minimum Gasteiger partial charge on any atom is -0.481 e. The van der Waals surface area contributed by atoms with E-state index in [-0.39, 0.29) is 6.42 Å². The molecule has 12 heavy (non-hydrogen) atoms. The summed E-state index contributed by atoms with van der Waals surface area (Å²) in [5.41, 5.74) is 0.764. The number of rotatable bonds is 2. The molecule has 0 heterocycles. The van der Waals surface area contributed by atoms with E-state index < -0.39 is 5.97 Å². The van der Waals surface area contributed by atoms with Gasteiger partial charge in [0.05, 0.1) is 6.42 Å². The van der Waals surface area contributed by atoms with E-state index in [0.29, 0.717) is 0 Å². The van der Waals surface area contributed by atoms with Gasteiger partial charge in [0.15, 0.2) is 0 Å². The Hall–Kier alpha value is -0.480. The number of aliphatic carboxylic acids is 1. The van der Waals surface area contributed by atoms with Crippen molar-refractivity contribution in [1.29, 1.82) is 0 Å². The average Bonchev–Trinajstić information content (AvgIpc) is 1.94. The standard InChI is InChI=1S/C8H7BrO2S/c9-7-4-6(12)2-1-5(7)3-8(10)11/h1-2,4,12H,3H2,(H,10,11). The number of thiol groups is 1. The highest BCUT2D eigenvalue weighted by Gasteiger charge is 2.04. The van der Waals surface area contributed by atoms with Gasteiger partial charge in [-0.25, -0.2) is 0 Å². The molecule has 0 atom stereocenters. The van der Waals surface area contributed by atoms with Gasteiger partial charge in [-0.15, -0.1) is 12.6 Å². The number of carbonyl (C=O) groups is 1. The quantitative estimate of drug-likeness (QED) is 0.787. The fourth-order valence-corrected chi connectivity index (χ4v) is 1.74. The smallest absolute Gasteiger partial charge is 0.307 e. The van der Waals surface area contributed by atoms with E-state index in [1.165, 1.54) is 0 Å². The summed E-state index contributed by atoms with van der Waals surface area (Å²) in [5.74, 6) is -0.831. The fourth-order valence-electron chi connectivity index (χ4n) is 0.843. The van der Waals surface area contributed by atoms with Crippen LogP contribution in [0.25, 0.3) is 0 Å². The van der Waals surface area contributed by atoms with E-state index in [1.807, 2.05) is 0 Å². The van der Waals surface area contributed by atoms with Crippen molar-refractivity contribution in [2.45, 2.75) is 11.3 Å². The van der Waals surface area contributed by atoms with Crippen LogP contribution in [0.3, 0.4) is 0 Å². The summed E-state index contributed by atoms with van der Waals surface area (Å²) < 4.78 is 0.789. The molecule has 0 amide bonds. The third kappa shape index (κ3) is 2.53. The van der Waals surface area contributed by atoms with Gasteiger partial charge in [0.2, 0.25) is 0 Å². The second kappa shape index (κ2) is 3.96. The number of hydrogen-bond acceptors (Lipinski definition) is 2. The van der Waals surface area contributed by atoms with E-state index in [1.54, 1.807) is 18.2 Å². The van der Waals surface area contributed by atoms with Gasteiger partial charge in [0, 0.05) is 9.37 Å². The van der Waals surface area contributed by atoms with Crippen LogP contribution in [-0.4, -0.2) is 11.1 Å². The summed E-state index contributed by atoms with van der Waals surface area (Å²) in [5, 5.41) is 8.52. The third-order valence-electron chi connectivity index (χ3n) is 1.38. The maximum absolute atomic E-state index is 10.4. The Bertz CT molecular complexity index is 312. The molecule has 0 unspecified atom stereocenters. The topological polar surface area (TPSA) is 37.3 Å². The number of carboxylic acids is 1. The van der Waals surface area contributed by atoms with Crippen LogP contribution in [0.2, 0.25) is 0 Å². The molecule has 1 N–H and O–H groups in total. The van der Waals surface area contributed by atoms with Crippen LogP contribution in [0.1, 0.15) is 5.56 Å². The molecular weight excluding hydrogens is 240 g/mol. The molecule has 1 aromatic carbocycles. The Balaban J connectivity index is 2.93. The molecule has 0 aliphatic heterocycles. The SMILES string of the molecule is O=C(O)Cc1ccc(S)cc1Br. The summed E-state index contributed by atoms with van der Waals surface area (Å²) in [6, 6.07) is 5.30. The molecule has 0 spiro atoms. The zero-order chi connectivity index (χ0) is 9.14. The Morgan fingerprint density at radius 1 is 1.58 bits per heavy atom. The van der Waals surface area contributed by atoms with E-state index in [2.05, 4.69) is 28.6 Å². The lowest BCUT2D eigenvalue weighted by Gasteiger charge is -2.01. The van der Waals surface area contributed by atoms with E-state index >= 15 is 0 Å². The molecule has 2 nitrogen and oxygen atoms in total. The first-order valence-electron chi connectivity index (χ1n) is 3.29. The molecule has 1 rings (SSSR count). The molecule has 0 radical (unpaired) electrons. The van der Waals surface area contributed by atoms with E-state index in [0.717, 1.165) is 14.9 Å². The second-order valence-corrected chi connectivity index (χ2v) is 3.72. The molecule has 0 aromatic heterocycles. The van der Waals surface area contributed by atoms with Gasteiger partial charge in [-0.05, 0) is 17.7 Å². The minimum absolute atomic E-state index is 0.0364. The summed E-state index contributed by atoms with van der Waals surface area (Å²) >= 11 is 7.38. The highest BCUT2D eigenvalue weighted by Crippen LogP contribution is 2.20. The lowest BCUT2D eigenvalue weighted by Crippen LogP contribution is -2.00. The Labute approximate surface area is 84.1 Å². The lowest BCUT2D eigenvalue weighted by atomic mass is 10.2. The minimum atomic E-state index is -0.831. The zero-order valence-electron chi connectivity index (χ0n) is 6.12. The van der Waals surface area contributed by atoms with Crippen LogP contribution in [0.5, 0.6) is 0 Å². The van der Waals surface area contributed by atoms with Gasteiger partial charge in [-0.2, -0.15) is 0 Å². The zero-order valence-corrected chi connectivity index (χ0v) is 8.60. The normalized spacial score (nSPS) is 9.83. The molecule has 0 bridgehead atoms. The summed E-state index contributed by atoms with van der Waals surface area (Å²) in [7, 11) is 0. The summed E-state index contributed by atoms with van der Waals surface area (Å²) in [6.45, 7) is 0. The van der Waals surface area contributed by atoms with Gasteiger partial charge in [0.25, 0.3) is 0 Å². The second-order valence-electron chi connectivity index (χ2n) is 2.35. The summed E-state index contributed by atoms with van der Waals surface area (Å²) in [4.78, 5) is 11.2. The van der Waals surface area contributed by atoms with Crippen LogP contribution in [0.4, 0.5) is 0 Å². The predicted octanol–water partition coefficient (Wildman–Crippen LogP) is 2.36. The molecule has 64 valence electrons. The van der Waals surface area contributed by atoms with E-state index in [9.17, 15) is 4.79 Å². The van der Waals surface area contributed by atoms with Crippen molar-refractivity contribution in [3.63, 3.8) is 0 Å². The van der Waals surface area contributed by atoms with Crippen LogP contribution in [-0.2, 0) is 11.2 Å². The predicted molar refractivity (Wildman–Crippen MR) is 52.7 cm³/mol. The van der Waals surface area contributed by atoms with Crippen LogP contribution < -0.4 is 0 Å². The first-order valence-corrected chi connectivity index (χ1v) is 4.53. The monoisotopic (exact) mass is 246 g/mol. The molecular formula is C8H7BrO2S. The van der Waals surface area contributed by atoms with Crippen molar-refractivity contribution >= 4 is 34.5 Å². The Morgan fingerprint density at radius 3 is 2.75 bits per heavy atom. The maximum Gasteiger partial charge on any atom is 0.307 e. The van der Waals surface area contributed by atoms with Crippen molar-refractivity contribution in [3.05, 3.63) is 28.2 Å². The first-order chi connectivity index (χ1) is 5.59. The molecule has 0 saturated carbocycles. The highest BCUT2D eigenvalue weighted by molar-refractivity contribution is 9.10. The van der Waals surface area contributed by atoms with Crippen LogP contribution in [0, 0.1) is 0 Å². The van der Waals surface area contributed by atoms with Gasteiger partial charge in [-0.3, -0.25) is 4.79 Å². The highest BCUT2D eigenvalue weighted by atomic mass is 79.9. The molecule has 0 aliphatic carbocycles. The first kappa shape index (κ1) is 9.61. The largest absolute Gasteiger partial charge is 0.481 e. The summed E-state index contributed by atoms with van der Waals surface area (Å²) in [6.07, 6.45) is 0.0364. The third-order valence-corrected chi connectivity index (χ3v) is 2.39. The fraction of sp³-hybridized carbons (Fsp3) is 0.125. The molecule has 4 heteroatoms.